The van der Waals surface area contributed by atoms with Gasteiger partial charge >= 0.3 is 0 Å². The van der Waals surface area contributed by atoms with E-state index in [1.54, 1.807) is 23.0 Å². The number of aryl methyl sites for hydroxylation is 1. The molecule has 0 saturated carbocycles. The van der Waals surface area contributed by atoms with Crippen LogP contribution < -0.4 is 10.2 Å². The minimum absolute atomic E-state index is 0.0817. The Morgan fingerprint density at radius 3 is 2.81 bits per heavy atom. The van der Waals surface area contributed by atoms with Gasteiger partial charge in [0.2, 0.25) is 0 Å². The van der Waals surface area contributed by atoms with Crippen LogP contribution in [0.2, 0.25) is 0 Å². The van der Waals surface area contributed by atoms with Gasteiger partial charge in [0, 0.05) is 68.0 Å². The Kier molecular flexibility index (Phi) is 6.68. The summed E-state index contributed by atoms with van der Waals surface area (Å²) in [7, 11) is 3.91. The molecule has 11 nitrogen and oxygen atoms in total. The van der Waals surface area contributed by atoms with Gasteiger partial charge in [-0.15, -0.1) is 0 Å². The highest BCUT2D eigenvalue weighted by Crippen LogP contribution is 2.35. The number of likely N-dealkylation sites (N-methyl/N-ethyl adjacent to an activating group) is 2. The van der Waals surface area contributed by atoms with E-state index in [4.69, 9.17) is 5.10 Å². The third-order valence-electron chi connectivity index (χ3n) is 9.23. The molecule has 11 heteroatoms. The number of aliphatic hydroxyl groups is 2. The SMILES string of the molecule is CC1Cn2nc(NC3=CC(c4ccnc(N5CCn6c(cc7c6CCCC7)C5=O)c4CO)=CN(C)C3O)cc2CN1C. The summed E-state index contributed by atoms with van der Waals surface area (Å²) in [6.07, 6.45) is 8.88. The lowest BCUT2D eigenvalue weighted by Gasteiger charge is -2.32. The third kappa shape index (κ3) is 4.43. The highest BCUT2D eigenvalue weighted by molar-refractivity contribution is 6.06. The number of amides is 1. The quantitative estimate of drug-likeness (QED) is 0.429. The molecule has 0 aromatic carbocycles. The normalized spacial score (nSPS) is 22.4. The number of anilines is 2. The molecule has 2 unspecified atom stereocenters. The molecule has 3 N–H and O–H groups in total. The number of nitrogens with zero attached hydrogens (tertiary/aromatic N) is 7. The van der Waals surface area contributed by atoms with Gasteiger partial charge in [0.25, 0.3) is 5.91 Å². The molecule has 2 atom stereocenters. The van der Waals surface area contributed by atoms with Crippen LogP contribution in [0.5, 0.6) is 0 Å². The molecule has 3 aromatic heterocycles. The number of aliphatic hydroxyl groups excluding tert-OH is 2. The van der Waals surface area contributed by atoms with Gasteiger partial charge in [-0.2, -0.15) is 5.10 Å². The van der Waals surface area contributed by atoms with Crippen molar-refractivity contribution in [3.63, 3.8) is 0 Å². The number of hydrogen-bond donors (Lipinski definition) is 3. The molecule has 0 radical (unpaired) electrons. The largest absolute Gasteiger partial charge is 0.392 e. The minimum atomic E-state index is -0.893. The summed E-state index contributed by atoms with van der Waals surface area (Å²) in [5.41, 5.74) is 7.11. The molecule has 6 heterocycles. The van der Waals surface area contributed by atoms with Crippen molar-refractivity contribution in [3.8, 4) is 0 Å². The maximum atomic E-state index is 13.8. The fourth-order valence-corrected chi connectivity index (χ4v) is 6.77. The topological polar surface area (TPSA) is 115 Å². The first-order chi connectivity index (χ1) is 20.3. The predicted octanol–water partition coefficient (Wildman–Crippen LogP) is 2.55. The first-order valence-corrected chi connectivity index (χ1v) is 14.8. The molecule has 0 fully saturated rings. The predicted molar refractivity (Wildman–Crippen MR) is 160 cm³/mol. The Bertz CT molecular complexity index is 1590. The van der Waals surface area contributed by atoms with Gasteiger partial charge in [0.05, 0.1) is 24.5 Å². The van der Waals surface area contributed by atoms with Crippen LogP contribution in [0.4, 0.5) is 11.6 Å². The van der Waals surface area contributed by atoms with E-state index in [1.165, 1.54) is 11.3 Å². The van der Waals surface area contributed by atoms with Crippen LogP contribution in [0.3, 0.4) is 0 Å². The molecule has 0 spiro atoms. The lowest BCUT2D eigenvalue weighted by atomic mass is 9.98. The van der Waals surface area contributed by atoms with E-state index in [1.807, 2.05) is 29.1 Å². The maximum absolute atomic E-state index is 13.8. The van der Waals surface area contributed by atoms with Crippen molar-refractivity contribution in [3.05, 3.63) is 76.1 Å². The number of pyridine rings is 1. The molecule has 3 aromatic rings. The molecule has 42 heavy (non-hydrogen) atoms. The van der Waals surface area contributed by atoms with Crippen molar-refractivity contribution in [2.75, 3.05) is 30.9 Å². The highest BCUT2D eigenvalue weighted by Gasteiger charge is 2.33. The number of carbonyl (C=O) groups is 1. The van der Waals surface area contributed by atoms with Crippen LogP contribution in [-0.4, -0.2) is 78.2 Å². The van der Waals surface area contributed by atoms with Crippen molar-refractivity contribution in [2.24, 2.45) is 0 Å². The van der Waals surface area contributed by atoms with E-state index < -0.39 is 6.23 Å². The number of fused-ring (bicyclic) bond motifs is 4. The van der Waals surface area contributed by atoms with E-state index >= 15 is 0 Å². The second-order valence-corrected chi connectivity index (χ2v) is 12.0. The first-order valence-electron chi connectivity index (χ1n) is 14.8. The lowest BCUT2D eigenvalue weighted by molar-refractivity contribution is 0.0878. The zero-order chi connectivity index (χ0) is 29.1. The molecule has 0 bridgehead atoms. The monoisotopic (exact) mass is 570 g/mol. The summed E-state index contributed by atoms with van der Waals surface area (Å²) in [6, 6.07) is 6.32. The molecular weight excluding hydrogens is 532 g/mol. The van der Waals surface area contributed by atoms with Gasteiger partial charge in [0.15, 0.2) is 12.0 Å². The van der Waals surface area contributed by atoms with E-state index in [0.29, 0.717) is 47.7 Å². The first kappa shape index (κ1) is 26.9. The summed E-state index contributed by atoms with van der Waals surface area (Å²) in [5.74, 6) is 1.07. The minimum Gasteiger partial charge on any atom is -0.392 e. The number of hydrogen-bond acceptors (Lipinski definition) is 8. The van der Waals surface area contributed by atoms with E-state index in [2.05, 4.69) is 39.8 Å². The van der Waals surface area contributed by atoms with Crippen LogP contribution >= 0.6 is 0 Å². The Morgan fingerprint density at radius 2 is 1.98 bits per heavy atom. The van der Waals surface area contributed by atoms with Crippen LogP contribution in [0, 0.1) is 0 Å². The van der Waals surface area contributed by atoms with Crippen molar-refractivity contribution in [2.45, 2.75) is 71.1 Å². The fraction of sp³-hybridized carbons (Fsp3) is 0.452. The fourth-order valence-electron chi connectivity index (χ4n) is 6.77. The van der Waals surface area contributed by atoms with Crippen molar-refractivity contribution >= 4 is 23.1 Å². The van der Waals surface area contributed by atoms with Crippen molar-refractivity contribution < 1.29 is 15.0 Å². The number of allylic oxidation sites excluding steroid dienone is 2. The molecule has 0 saturated heterocycles. The second kappa shape index (κ2) is 10.4. The molecule has 7 rings (SSSR count). The summed E-state index contributed by atoms with van der Waals surface area (Å²) < 4.78 is 4.20. The van der Waals surface area contributed by atoms with E-state index in [-0.39, 0.29) is 12.5 Å². The van der Waals surface area contributed by atoms with E-state index in [9.17, 15) is 15.0 Å². The molecule has 220 valence electrons. The van der Waals surface area contributed by atoms with Gasteiger partial charge in [-0.3, -0.25) is 19.3 Å². The summed E-state index contributed by atoms with van der Waals surface area (Å²) >= 11 is 0. The lowest BCUT2D eigenvalue weighted by Crippen LogP contribution is -2.41. The summed E-state index contributed by atoms with van der Waals surface area (Å²) in [6.45, 7) is 4.73. The smallest absolute Gasteiger partial charge is 0.276 e. The zero-order valence-corrected chi connectivity index (χ0v) is 24.4. The van der Waals surface area contributed by atoms with Gasteiger partial charge in [-0.25, -0.2) is 4.98 Å². The standard InChI is InChI=1S/C31H38N8O3/c1-19-15-39-22(17-35(19)2)14-28(34-39)33-25-12-21(16-36(3)30(25)41)23-8-9-32-29(24(23)18-40)38-11-10-37-26-7-5-4-6-20(26)13-27(37)31(38)42/h8-9,12-14,16,19,30,40-41H,4-7,10-11,15,17-18H2,1-3H3,(H,33,34). The Hall–Kier alpha value is -3.93. The van der Waals surface area contributed by atoms with Gasteiger partial charge < -0.3 is 25.0 Å². The van der Waals surface area contributed by atoms with Crippen molar-refractivity contribution in [1.29, 1.82) is 0 Å². The van der Waals surface area contributed by atoms with Crippen LogP contribution in [0.25, 0.3) is 5.57 Å². The highest BCUT2D eigenvalue weighted by atomic mass is 16.3. The third-order valence-corrected chi connectivity index (χ3v) is 9.23. The number of nitrogens with one attached hydrogen (secondary N) is 1. The summed E-state index contributed by atoms with van der Waals surface area (Å²) in [5, 5.41) is 29.7. The van der Waals surface area contributed by atoms with Crippen LogP contribution in [0.15, 0.2) is 42.4 Å². The summed E-state index contributed by atoms with van der Waals surface area (Å²) in [4.78, 5) is 24.1. The molecule has 4 aliphatic rings. The molecule has 1 aliphatic carbocycles. The van der Waals surface area contributed by atoms with Gasteiger partial charge in [0.1, 0.15) is 11.5 Å². The number of rotatable bonds is 5. The Balaban J connectivity index is 1.20. The van der Waals surface area contributed by atoms with Gasteiger partial charge in [-0.05, 0) is 69.0 Å². The second-order valence-electron chi connectivity index (χ2n) is 12.0. The molecule has 1 amide bonds. The van der Waals surface area contributed by atoms with Gasteiger partial charge in [-0.1, -0.05) is 0 Å². The van der Waals surface area contributed by atoms with Crippen molar-refractivity contribution in [1.82, 2.24) is 29.1 Å². The molecule has 3 aliphatic heterocycles. The zero-order valence-electron chi connectivity index (χ0n) is 24.4. The van der Waals surface area contributed by atoms with Crippen LogP contribution in [0.1, 0.15) is 58.3 Å². The Labute approximate surface area is 245 Å². The average molecular weight is 571 g/mol. The number of carbonyl (C=O) groups excluding carboxylic acids is 1. The Morgan fingerprint density at radius 1 is 1.14 bits per heavy atom. The maximum Gasteiger partial charge on any atom is 0.276 e. The molecular formula is C31H38N8O3. The average Bonchev–Trinajstić information content (AvgIpc) is 3.56. The van der Waals surface area contributed by atoms with Crippen LogP contribution in [-0.2, 0) is 39.1 Å². The van der Waals surface area contributed by atoms with E-state index in [0.717, 1.165) is 55.6 Å². The number of aromatic nitrogens is 4.